The molecule has 0 fully saturated rings. The highest BCUT2D eigenvalue weighted by Gasteiger charge is 1.96. The molecule has 1 amide bonds. The van der Waals surface area contributed by atoms with Crippen molar-refractivity contribution in [3.8, 4) is 0 Å². The number of hydrogen-bond donors (Lipinski definition) is 2. The molecule has 0 saturated heterocycles. The third-order valence-corrected chi connectivity index (χ3v) is 1.56. The van der Waals surface area contributed by atoms with Crippen molar-refractivity contribution in [2.75, 3.05) is 0 Å². The normalized spacial score (nSPS) is 9.14. The molecule has 0 aromatic rings. The average Bonchev–Trinajstić information content (AvgIpc) is 2.05. The van der Waals surface area contributed by atoms with Crippen LogP contribution in [0.2, 0.25) is 0 Å². The smallest absolute Gasteiger partial charge is 0.303 e. The van der Waals surface area contributed by atoms with Gasteiger partial charge in [-0.15, -0.1) is 0 Å². The predicted molar refractivity (Wildman–Crippen MR) is 55.8 cm³/mol. The first-order valence-electron chi connectivity index (χ1n) is 4.92. The zero-order chi connectivity index (χ0) is 11.6. The van der Waals surface area contributed by atoms with E-state index in [-0.39, 0.29) is 11.8 Å². The number of rotatable bonds is 5. The number of carboxylic acid groups (broad SMARTS) is 1. The molecule has 4 nitrogen and oxygen atoms in total. The van der Waals surface area contributed by atoms with Gasteiger partial charge in [0.25, 0.3) is 0 Å². The Kier molecular flexibility index (Phi) is 11.0. The number of carboxylic acids is 1. The third-order valence-electron chi connectivity index (χ3n) is 1.56. The van der Waals surface area contributed by atoms with Gasteiger partial charge in [-0.1, -0.05) is 33.6 Å². The van der Waals surface area contributed by atoms with E-state index in [1.807, 2.05) is 0 Å². The van der Waals surface area contributed by atoms with Gasteiger partial charge in [0.2, 0.25) is 5.91 Å². The fraction of sp³-hybridized carbons (Fsp3) is 0.800. The molecule has 0 bridgehead atoms. The molecule has 0 spiro atoms. The number of hydrogen-bond acceptors (Lipinski definition) is 2. The Morgan fingerprint density at radius 3 is 1.93 bits per heavy atom. The molecule has 0 aromatic heterocycles. The molecule has 0 heterocycles. The molecule has 14 heavy (non-hydrogen) atoms. The number of carbonyl (C=O) groups is 2. The highest BCUT2D eigenvalue weighted by Crippen LogP contribution is 1.97. The minimum Gasteiger partial charge on any atom is -0.481 e. The van der Waals surface area contributed by atoms with Gasteiger partial charge in [0.1, 0.15) is 0 Å². The van der Waals surface area contributed by atoms with Crippen LogP contribution in [-0.4, -0.2) is 17.0 Å². The maximum Gasteiger partial charge on any atom is 0.303 e. The summed E-state index contributed by atoms with van der Waals surface area (Å²) in [6.07, 6.45) is 3.28. The summed E-state index contributed by atoms with van der Waals surface area (Å²) >= 11 is 0. The molecule has 0 aliphatic rings. The molecule has 84 valence electrons. The summed E-state index contributed by atoms with van der Waals surface area (Å²) in [6, 6.07) is 0. The summed E-state index contributed by atoms with van der Waals surface area (Å²) in [7, 11) is 0. The van der Waals surface area contributed by atoms with Gasteiger partial charge in [0, 0.05) is 12.3 Å². The Labute approximate surface area is 85.5 Å². The highest BCUT2D eigenvalue weighted by molar-refractivity contribution is 5.75. The number of unbranched alkanes of at least 4 members (excludes halogenated alkanes) is 2. The number of nitrogens with two attached hydrogens (primary N) is 1. The van der Waals surface area contributed by atoms with Crippen molar-refractivity contribution < 1.29 is 14.7 Å². The van der Waals surface area contributed by atoms with E-state index in [1.165, 1.54) is 0 Å². The molecule has 0 atom stereocenters. The Balaban J connectivity index is 0. The molecule has 0 saturated carbocycles. The Morgan fingerprint density at radius 2 is 1.71 bits per heavy atom. The van der Waals surface area contributed by atoms with E-state index in [9.17, 15) is 9.59 Å². The molecular weight excluding hydrogens is 182 g/mol. The second-order valence-electron chi connectivity index (χ2n) is 3.41. The lowest BCUT2D eigenvalue weighted by atomic mass is 10.2. The fourth-order valence-electron chi connectivity index (χ4n) is 0.526. The van der Waals surface area contributed by atoms with Crippen LogP contribution in [0.1, 0.15) is 46.5 Å². The minimum absolute atomic E-state index is 0.00926. The predicted octanol–water partition coefficient (Wildman–Crippen LogP) is 1.78. The van der Waals surface area contributed by atoms with Crippen molar-refractivity contribution in [3.05, 3.63) is 0 Å². The summed E-state index contributed by atoms with van der Waals surface area (Å²) in [5.74, 6) is -0.932. The van der Waals surface area contributed by atoms with E-state index < -0.39 is 5.97 Å². The van der Waals surface area contributed by atoms with E-state index in [1.54, 1.807) is 13.8 Å². The third kappa shape index (κ3) is 17.1. The lowest BCUT2D eigenvalue weighted by molar-refractivity contribution is -0.137. The summed E-state index contributed by atoms with van der Waals surface area (Å²) in [6.45, 7) is 5.59. The summed E-state index contributed by atoms with van der Waals surface area (Å²) in [5, 5.41) is 8.14. The largest absolute Gasteiger partial charge is 0.481 e. The SMILES string of the molecule is CC(C)C(N)=O.CCCCCC(=O)O. The van der Waals surface area contributed by atoms with Crippen molar-refractivity contribution in [1.82, 2.24) is 0 Å². The second kappa shape index (κ2) is 10.0. The molecule has 0 rings (SSSR count). The lowest BCUT2D eigenvalue weighted by Gasteiger charge is -1.90. The van der Waals surface area contributed by atoms with Crippen molar-refractivity contribution >= 4 is 11.9 Å². The van der Waals surface area contributed by atoms with Crippen LogP contribution in [0.25, 0.3) is 0 Å². The monoisotopic (exact) mass is 203 g/mol. The van der Waals surface area contributed by atoms with Crippen LogP contribution in [0.4, 0.5) is 0 Å². The fourth-order valence-corrected chi connectivity index (χ4v) is 0.526. The van der Waals surface area contributed by atoms with Crippen LogP contribution in [0.15, 0.2) is 0 Å². The van der Waals surface area contributed by atoms with E-state index in [0.717, 1.165) is 19.3 Å². The number of carbonyl (C=O) groups excluding carboxylic acids is 1. The summed E-state index contributed by atoms with van der Waals surface area (Å²) < 4.78 is 0. The quantitative estimate of drug-likeness (QED) is 0.668. The molecule has 0 aliphatic heterocycles. The molecule has 0 aromatic carbocycles. The lowest BCUT2D eigenvalue weighted by Crippen LogP contribution is -2.17. The van der Waals surface area contributed by atoms with Crippen LogP contribution in [0, 0.1) is 5.92 Å². The van der Waals surface area contributed by atoms with Crippen molar-refractivity contribution in [3.63, 3.8) is 0 Å². The van der Waals surface area contributed by atoms with Crippen LogP contribution in [0.3, 0.4) is 0 Å². The molecular formula is C10H21NO3. The summed E-state index contributed by atoms with van der Waals surface area (Å²) in [5.41, 5.74) is 4.80. The van der Waals surface area contributed by atoms with Gasteiger partial charge in [-0.3, -0.25) is 9.59 Å². The van der Waals surface area contributed by atoms with Crippen molar-refractivity contribution in [2.24, 2.45) is 11.7 Å². The second-order valence-corrected chi connectivity index (χ2v) is 3.41. The standard InChI is InChI=1S/C6H12O2.C4H9NO/c1-2-3-4-5-6(7)8;1-3(2)4(5)6/h2-5H2,1H3,(H,7,8);3H,1-2H3,(H2,5,6). The average molecular weight is 203 g/mol. The Bertz CT molecular complexity index is 167. The van der Waals surface area contributed by atoms with E-state index in [2.05, 4.69) is 6.92 Å². The maximum absolute atomic E-state index is 9.92. The Morgan fingerprint density at radius 1 is 1.29 bits per heavy atom. The van der Waals surface area contributed by atoms with E-state index in [4.69, 9.17) is 10.8 Å². The van der Waals surface area contributed by atoms with E-state index >= 15 is 0 Å². The van der Waals surface area contributed by atoms with Gasteiger partial charge in [-0.2, -0.15) is 0 Å². The van der Waals surface area contributed by atoms with Gasteiger partial charge in [-0.05, 0) is 6.42 Å². The van der Waals surface area contributed by atoms with Crippen LogP contribution in [-0.2, 0) is 9.59 Å². The molecule has 3 N–H and O–H groups in total. The van der Waals surface area contributed by atoms with Gasteiger partial charge in [0.05, 0.1) is 0 Å². The summed E-state index contributed by atoms with van der Waals surface area (Å²) in [4.78, 5) is 19.8. The number of primary amides is 1. The Hall–Kier alpha value is -1.06. The first-order valence-corrected chi connectivity index (χ1v) is 4.92. The molecule has 0 aliphatic carbocycles. The minimum atomic E-state index is -0.682. The zero-order valence-corrected chi connectivity index (χ0v) is 9.25. The van der Waals surface area contributed by atoms with Gasteiger partial charge in [0.15, 0.2) is 0 Å². The number of amides is 1. The number of aliphatic carboxylic acids is 1. The topological polar surface area (TPSA) is 80.4 Å². The zero-order valence-electron chi connectivity index (χ0n) is 9.25. The van der Waals surface area contributed by atoms with Crippen LogP contribution < -0.4 is 5.73 Å². The first-order chi connectivity index (χ1) is 6.41. The molecule has 0 unspecified atom stereocenters. The van der Waals surface area contributed by atoms with Gasteiger partial charge < -0.3 is 10.8 Å². The molecule has 4 heteroatoms. The van der Waals surface area contributed by atoms with Crippen molar-refractivity contribution in [1.29, 1.82) is 0 Å². The maximum atomic E-state index is 9.92. The highest BCUT2D eigenvalue weighted by atomic mass is 16.4. The van der Waals surface area contributed by atoms with Gasteiger partial charge in [-0.25, -0.2) is 0 Å². The van der Waals surface area contributed by atoms with E-state index in [0.29, 0.717) is 6.42 Å². The van der Waals surface area contributed by atoms with Crippen LogP contribution in [0.5, 0.6) is 0 Å². The first kappa shape index (κ1) is 15.4. The van der Waals surface area contributed by atoms with Crippen LogP contribution >= 0.6 is 0 Å². The molecule has 0 radical (unpaired) electrons. The van der Waals surface area contributed by atoms with Gasteiger partial charge >= 0.3 is 5.97 Å². The van der Waals surface area contributed by atoms with Crippen molar-refractivity contribution in [2.45, 2.75) is 46.5 Å².